The molecule has 1 aliphatic heterocycles. The zero-order chi connectivity index (χ0) is 26.8. The molecular weight excluding hydrogens is 489 g/mol. The number of hydrogen-bond donors (Lipinski definition) is 3. The maximum Gasteiger partial charge on any atom is 0.407 e. The second-order valence-electron chi connectivity index (χ2n) is 9.05. The van der Waals surface area contributed by atoms with Crippen LogP contribution in [0.4, 0.5) is 36.3 Å². The summed E-state index contributed by atoms with van der Waals surface area (Å²) < 4.78 is 40.2. The third-order valence-electron chi connectivity index (χ3n) is 5.60. The van der Waals surface area contributed by atoms with Crippen LogP contribution in [-0.4, -0.2) is 49.6 Å². The van der Waals surface area contributed by atoms with E-state index in [0.29, 0.717) is 30.2 Å². The largest absolute Gasteiger partial charge is 0.407 e. The monoisotopic (exact) mass is 512 g/mol. The van der Waals surface area contributed by atoms with E-state index < -0.39 is 28.9 Å². The summed E-state index contributed by atoms with van der Waals surface area (Å²) >= 11 is 0. The minimum atomic E-state index is -4.63. The second-order valence-corrected chi connectivity index (χ2v) is 9.05. The molecule has 2 aromatic heterocycles. The van der Waals surface area contributed by atoms with Gasteiger partial charge in [-0.05, 0) is 32.4 Å². The van der Waals surface area contributed by atoms with Crippen molar-refractivity contribution in [1.29, 1.82) is 0 Å². The van der Waals surface area contributed by atoms with E-state index >= 15 is 0 Å². The lowest BCUT2D eigenvalue weighted by Crippen LogP contribution is -2.38. The Morgan fingerprint density at radius 2 is 1.92 bits per heavy atom. The molecule has 0 saturated heterocycles. The number of carbonyl (C=O) groups is 1. The van der Waals surface area contributed by atoms with Crippen LogP contribution in [0.5, 0.6) is 0 Å². The molecule has 0 fully saturated rings. The molecule has 1 aromatic carbocycles. The Morgan fingerprint density at radius 3 is 2.57 bits per heavy atom. The maximum absolute atomic E-state index is 13.4. The van der Waals surface area contributed by atoms with E-state index in [2.05, 4.69) is 35.4 Å². The average molecular weight is 512 g/mol. The van der Waals surface area contributed by atoms with E-state index in [9.17, 15) is 23.1 Å². The molecule has 192 valence electrons. The molecular formula is C24H23F3N8O2. The fraction of sp³-hybridized carbons (Fsp3) is 0.333. The van der Waals surface area contributed by atoms with Gasteiger partial charge >= 0.3 is 6.18 Å². The van der Waals surface area contributed by atoms with Crippen molar-refractivity contribution in [3.63, 3.8) is 0 Å². The Morgan fingerprint density at radius 1 is 1.19 bits per heavy atom. The summed E-state index contributed by atoms with van der Waals surface area (Å²) in [5.41, 5.74) is -0.481. The smallest absolute Gasteiger partial charge is 0.389 e. The van der Waals surface area contributed by atoms with Gasteiger partial charge in [-0.3, -0.25) is 4.79 Å². The van der Waals surface area contributed by atoms with Crippen LogP contribution in [0.1, 0.15) is 41.0 Å². The third kappa shape index (κ3) is 6.10. The Bertz CT molecular complexity index is 1350. The Labute approximate surface area is 210 Å². The van der Waals surface area contributed by atoms with Crippen LogP contribution in [0, 0.1) is 6.57 Å². The quantitative estimate of drug-likeness (QED) is 0.428. The number of halogens is 3. The van der Waals surface area contributed by atoms with Crippen LogP contribution < -0.4 is 15.5 Å². The molecule has 0 aliphatic carbocycles. The number of nitrogens with one attached hydrogen (secondary N) is 2. The zero-order valence-electron chi connectivity index (χ0n) is 20.0. The van der Waals surface area contributed by atoms with Crippen LogP contribution in [0.25, 0.3) is 4.85 Å². The van der Waals surface area contributed by atoms with E-state index in [1.165, 1.54) is 30.9 Å². The van der Waals surface area contributed by atoms with E-state index in [-0.39, 0.29) is 24.6 Å². The van der Waals surface area contributed by atoms with Crippen molar-refractivity contribution in [1.82, 2.24) is 25.3 Å². The number of hydrogen-bond acceptors (Lipinski definition) is 8. The number of aliphatic hydroxyl groups is 1. The summed E-state index contributed by atoms with van der Waals surface area (Å²) in [7, 11) is 0. The van der Waals surface area contributed by atoms with Crippen molar-refractivity contribution in [3.05, 3.63) is 70.7 Å². The van der Waals surface area contributed by atoms with Gasteiger partial charge in [-0.15, -0.1) is 0 Å². The lowest BCUT2D eigenvalue weighted by atomic mass is 10.0. The molecule has 1 aliphatic rings. The first-order valence-corrected chi connectivity index (χ1v) is 11.2. The molecule has 3 N–H and O–H groups in total. The predicted molar refractivity (Wildman–Crippen MR) is 128 cm³/mol. The van der Waals surface area contributed by atoms with Gasteiger partial charge < -0.3 is 20.6 Å². The van der Waals surface area contributed by atoms with E-state index in [1.54, 1.807) is 18.7 Å². The van der Waals surface area contributed by atoms with Gasteiger partial charge in [0.1, 0.15) is 12.1 Å². The Balaban J connectivity index is 1.48. The molecule has 0 radical (unpaired) electrons. The molecule has 0 spiro atoms. The van der Waals surface area contributed by atoms with Gasteiger partial charge in [0.2, 0.25) is 5.95 Å². The van der Waals surface area contributed by atoms with Gasteiger partial charge in [-0.25, -0.2) is 24.8 Å². The van der Waals surface area contributed by atoms with Crippen LogP contribution in [0.3, 0.4) is 0 Å². The van der Waals surface area contributed by atoms with Gasteiger partial charge in [0.15, 0.2) is 5.69 Å². The molecule has 13 heteroatoms. The van der Waals surface area contributed by atoms with Crippen LogP contribution in [-0.2, 0) is 19.1 Å². The number of fused-ring (bicyclic) bond motifs is 1. The average Bonchev–Trinajstić information content (AvgIpc) is 2.86. The summed E-state index contributed by atoms with van der Waals surface area (Å²) in [6.07, 6.45) is -0.159. The van der Waals surface area contributed by atoms with Crippen molar-refractivity contribution in [2.75, 3.05) is 23.3 Å². The summed E-state index contributed by atoms with van der Waals surface area (Å²) in [6.45, 7) is 10.9. The summed E-state index contributed by atoms with van der Waals surface area (Å²) in [5.74, 6) is 0.237. The molecule has 4 rings (SSSR count). The number of anilines is 3. The number of benzene rings is 1. The molecule has 3 aromatic rings. The molecule has 0 unspecified atom stereocenters. The lowest BCUT2D eigenvalue weighted by molar-refractivity contribution is -0.136. The highest BCUT2D eigenvalue weighted by molar-refractivity contribution is 5.93. The van der Waals surface area contributed by atoms with E-state index in [0.717, 1.165) is 11.6 Å². The topological polar surface area (TPSA) is 121 Å². The normalized spacial score (nSPS) is 13.5. The fourth-order valence-electron chi connectivity index (χ4n) is 3.74. The molecule has 0 atom stereocenters. The van der Waals surface area contributed by atoms with Crippen molar-refractivity contribution in [3.8, 4) is 0 Å². The zero-order valence-corrected chi connectivity index (χ0v) is 20.0. The summed E-state index contributed by atoms with van der Waals surface area (Å²) in [5, 5.41) is 15.3. The standard InChI is InChI=1S/C24H23F3N8O2/c1-23(2,37)12-31-21(36)14-9-29-22(30-10-14)34-20-16-6-7-35(11-19(16)32-13-33-20)15-4-5-18(28-3)17(8-15)24(25,26)27/h4-5,8-10,13,37H,6-7,11-12H2,1-2H3,(H,31,36)(H,29,30,32,33,34). The van der Waals surface area contributed by atoms with Gasteiger partial charge in [0.25, 0.3) is 5.91 Å². The van der Waals surface area contributed by atoms with Crippen LogP contribution >= 0.6 is 0 Å². The van der Waals surface area contributed by atoms with Gasteiger partial charge in [-0.1, -0.05) is 6.07 Å². The van der Waals surface area contributed by atoms with Crippen molar-refractivity contribution < 1.29 is 23.1 Å². The SMILES string of the molecule is [C-]#[N+]c1ccc(N2CCc3c(ncnc3Nc3ncc(C(=O)NCC(C)(C)O)cn3)C2)cc1C(F)(F)F. The summed E-state index contributed by atoms with van der Waals surface area (Å²) in [6, 6.07) is 3.67. The molecule has 0 saturated carbocycles. The molecule has 10 nitrogen and oxygen atoms in total. The number of aromatic nitrogens is 4. The number of rotatable bonds is 6. The van der Waals surface area contributed by atoms with Crippen molar-refractivity contribution in [2.45, 2.75) is 38.6 Å². The number of carbonyl (C=O) groups excluding carboxylic acids is 1. The highest BCUT2D eigenvalue weighted by Crippen LogP contribution is 2.39. The fourth-order valence-corrected chi connectivity index (χ4v) is 3.74. The minimum absolute atomic E-state index is 0.0666. The Hall–Kier alpha value is -4.31. The first kappa shape index (κ1) is 25.8. The van der Waals surface area contributed by atoms with E-state index in [4.69, 9.17) is 6.57 Å². The third-order valence-corrected chi connectivity index (χ3v) is 5.60. The number of nitrogens with zero attached hydrogens (tertiary/aromatic N) is 6. The first-order valence-electron chi connectivity index (χ1n) is 11.2. The minimum Gasteiger partial charge on any atom is -0.389 e. The molecule has 1 amide bonds. The second kappa shape index (κ2) is 9.98. The van der Waals surface area contributed by atoms with Crippen LogP contribution in [0.15, 0.2) is 36.9 Å². The molecule has 3 heterocycles. The highest BCUT2D eigenvalue weighted by Gasteiger charge is 2.34. The maximum atomic E-state index is 13.4. The van der Waals surface area contributed by atoms with Crippen molar-refractivity contribution >= 4 is 29.0 Å². The first-order chi connectivity index (χ1) is 17.4. The summed E-state index contributed by atoms with van der Waals surface area (Å²) in [4.78, 5) is 33.8. The van der Waals surface area contributed by atoms with Crippen LogP contribution in [0.2, 0.25) is 0 Å². The highest BCUT2D eigenvalue weighted by atomic mass is 19.4. The predicted octanol–water partition coefficient (Wildman–Crippen LogP) is 3.64. The lowest BCUT2D eigenvalue weighted by Gasteiger charge is -2.31. The molecule has 37 heavy (non-hydrogen) atoms. The van der Waals surface area contributed by atoms with Gasteiger partial charge in [0.05, 0.1) is 35.5 Å². The van der Waals surface area contributed by atoms with E-state index in [1.807, 2.05) is 0 Å². The van der Waals surface area contributed by atoms with Gasteiger partial charge in [0, 0.05) is 36.7 Å². The Kier molecular flexibility index (Phi) is 6.95. The molecule has 0 bridgehead atoms. The number of alkyl halides is 3. The number of amides is 1. The van der Waals surface area contributed by atoms with Gasteiger partial charge in [-0.2, -0.15) is 13.2 Å². The van der Waals surface area contributed by atoms with Crippen molar-refractivity contribution in [2.24, 2.45) is 0 Å².